The second-order valence-corrected chi connectivity index (χ2v) is 10.8. The average molecular weight is 480 g/mol. The van der Waals surface area contributed by atoms with Crippen molar-refractivity contribution >= 4 is 26.8 Å². The maximum Gasteiger partial charge on any atom is 0.303 e. The number of phenols is 1. The number of benzene rings is 3. The van der Waals surface area contributed by atoms with Crippen LogP contribution in [0.1, 0.15) is 36.3 Å². The normalized spacial score (nSPS) is 19.2. The smallest absolute Gasteiger partial charge is 0.303 e. The molecule has 0 unspecified atom stereocenters. The summed E-state index contributed by atoms with van der Waals surface area (Å²) in [6, 6.07) is 18.2. The van der Waals surface area contributed by atoms with Gasteiger partial charge in [-0.25, -0.2) is 8.42 Å². The highest BCUT2D eigenvalue weighted by Gasteiger charge is 2.40. The van der Waals surface area contributed by atoms with Gasteiger partial charge in [-0.1, -0.05) is 66.2 Å². The van der Waals surface area contributed by atoms with Gasteiger partial charge in [0.05, 0.1) is 4.90 Å². The molecule has 6 nitrogen and oxygen atoms in total. The molecule has 0 saturated carbocycles. The number of allylic oxidation sites excluding steroid dienone is 2. The van der Waals surface area contributed by atoms with Crippen molar-refractivity contribution in [2.75, 3.05) is 13.1 Å². The summed E-state index contributed by atoms with van der Waals surface area (Å²) < 4.78 is 29.0. The summed E-state index contributed by atoms with van der Waals surface area (Å²) in [7, 11) is -3.76. The van der Waals surface area contributed by atoms with Crippen molar-refractivity contribution < 1.29 is 23.4 Å². The zero-order valence-electron chi connectivity index (χ0n) is 19.1. The number of carboxylic acids is 1. The predicted octanol–water partition coefficient (Wildman–Crippen LogP) is 5.07. The van der Waals surface area contributed by atoms with Crippen LogP contribution < -0.4 is 0 Å². The Hall–Kier alpha value is -3.16. The number of aliphatic carboxylic acids is 1. The van der Waals surface area contributed by atoms with E-state index in [1.807, 2.05) is 61.5 Å². The maximum atomic E-state index is 13.8. The first-order chi connectivity index (χ1) is 16.3. The number of carboxylic acid groups (broad SMARTS) is 1. The molecule has 1 heterocycles. The van der Waals surface area contributed by atoms with Crippen LogP contribution >= 0.6 is 0 Å². The highest BCUT2D eigenvalue weighted by molar-refractivity contribution is 7.89. The lowest BCUT2D eigenvalue weighted by Gasteiger charge is -2.19. The highest BCUT2D eigenvalue weighted by Crippen LogP contribution is 2.41. The second-order valence-electron chi connectivity index (χ2n) is 8.87. The number of hydrogen-bond donors (Lipinski definition) is 2. The van der Waals surface area contributed by atoms with Crippen molar-refractivity contribution in [3.8, 4) is 5.75 Å². The van der Waals surface area contributed by atoms with E-state index in [2.05, 4.69) is 0 Å². The van der Waals surface area contributed by atoms with Crippen LogP contribution in [-0.2, 0) is 14.8 Å². The van der Waals surface area contributed by atoms with Crippen LogP contribution in [0.3, 0.4) is 0 Å². The number of fused-ring (bicyclic) bond motifs is 1. The molecule has 1 aliphatic rings. The van der Waals surface area contributed by atoms with E-state index in [4.69, 9.17) is 5.11 Å². The molecule has 34 heavy (non-hydrogen) atoms. The van der Waals surface area contributed by atoms with E-state index in [-0.39, 0.29) is 35.4 Å². The fourth-order valence-corrected chi connectivity index (χ4v) is 6.48. The Morgan fingerprint density at radius 1 is 1.06 bits per heavy atom. The molecule has 0 aliphatic carbocycles. The van der Waals surface area contributed by atoms with Crippen LogP contribution in [0.4, 0.5) is 0 Å². The van der Waals surface area contributed by atoms with Crippen molar-refractivity contribution in [2.24, 2.45) is 5.92 Å². The van der Waals surface area contributed by atoms with Crippen LogP contribution in [0.25, 0.3) is 10.8 Å². The van der Waals surface area contributed by atoms with Gasteiger partial charge in [-0.05, 0) is 48.8 Å². The summed E-state index contributed by atoms with van der Waals surface area (Å²) in [5.41, 5.74) is 1.75. The first-order valence-corrected chi connectivity index (χ1v) is 12.9. The van der Waals surface area contributed by atoms with E-state index in [0.29, 0.717) is 24.8 Å². The number of aromatic hydroxyl groups is 1. The quantitative estimate of drug-likeness (QED) is 0.440. The number of hydrogen-bond acceptors (Lipinski definition) is 4. The number of rotatable bonds is 8. The van der Waals surface area contributed by atoms with Crippen LogP contribution in [0.2, 0.25) is 0 Å². The topological polar surface area (TPSA) is 94.9 Å². The minimum Gasteiger partial charge on any atom is -0.508 e. The van der Waals surface area contributed by atoms with Crippen molar-refractivity contribution in [1.82, 2.24) is 4.31 Å². The van der Waals surface area contributed by atoms with Crippen molar-refractivity contribution in [3.63, 3.8) is 0 Å². The summed E-state index contributed by atoms with van der Waals surface area (Å²) in [6.45, 7) is 2.55. The third-order valence-corrected chi connectivity index (χ3v) is 8.38. The molecule has 2 atom stereocenters. The molecule has 0 amide bonds. The fourth-order valence-electron chi connectivity index (χ4n) is 4.75. The monoisotopic (exact) mass is 479 g/mol. The minimum atomic E-state index is -3.76. The second kappa shape index (κ2) is 9.99. The predicted molar refractivity (Wildman–Crippen MR) is 132 cm³/mol. The Morgan fingerprint density at radius 2 is 1.82 bits per heavy atom. The Balaban J connectivity index is 1.66. The lowest BCUT2D eigenvalue weighted by atomic mass is 9.85. The first kappa shape index (κ1) is 24.0. The first-order valence-electron chi connectivity index (χ1n) is 11.4. The van der Waals surface area contributed by atoms with Gasteiger partial charge in [0.15, 0.2) is 0 Å². The standard InChI is InChI=1S/C27H29NO5S/c1-19-14-15-25(29)23(16-19)24-18-28(17-21(24)9-3-2-4-13-27(30)31)34(32,33)26-12-7-10-20-8-5-6-11-22(20)26/h2-3,5-8,10-12,14-16,21,24,29H,4,9,13,17-18H2,1H3,(H,30,31)/b3-2-/t21-,24+/m0/s1. The molecule has 2 N–H and O–H groups in total. The number of carbonyl (C=O) groups is 1. The minimum absolute atomic E-state index is 0.0430. The van der Waals surface area contributed by atoms with Gasteiger partial charge in [0, 0.05) is 30.8 Å². The molecule has 1 saturated heterocycles. The van der Waals surface area contributed by atoms with Crippen molar-refractivity contribution in [3.05, 3.63) is 83.9 Å². The van der Waals surface area contributed by atoms with Crippen LogP contribution in [0.5, 0.6) is 5.75 Å². The van der Waals surface area contributed by atoms with E-state index in [0.717, 1.165) is 16.5 Å². The lowest BCUT2D eigenvalue weighted by molar-refractivity contribution is -0.136. The van der Waals surface area contributed by atoms with Crippen molar-refractivity contribution in [2.45, 2.75) is 37.0 Å². The molecular formula is C27H29NO5S. The molecule has 0 spiro atoms. The summed E-state index contributed by atoms with van der Waals surface area (Å²) in [5.74, 6) is -0.896. The molecule has 0 bridgehead atoms. The van der Waals surface area contributed by atoms with Gasteiger partial charge in [-0.15, -0.1) is 0 Å². The summed E-state index contributed by atoms with van der Waals surface area (Å²) in [5, 5.41) is 21.0. The number of phenolic OH excluding ortho intramolecular Hbond substituents is 1. The Morgan fingerprint density at radius 3 is 2.62 bits per heavy atom. The van der Waals surface area contributed by atoms with E-state index in [9.17, 15) is 18.3 Å². The molecule has 4 rings (SSSR count). The Bertz CT molecular complexity index is 1330. The molecule has 3 aromatic carbocycles. The molecule has 7 heteroatoms. The van der Waals surface area contributed by atoms with Crippen LogP contribution in [0, 0.1) is 12.8 Å². The molecule has 0 radical (unpaired) electrons. The Labute approximate surface area is 200 Å². The van der Waals surface area contributed by atoms with E-state index in [1.54, 1.807) is 18.2 Å². The SMILES string of the molecule is Cc1ccc(O)c([C@@H]2CN(S(=O)(=O)c3cccc4ccccc34)C[C@@H]2C/C=C\CCC(=O)O)c1. The third-order valence-electron chi connectivity index (χ3n) is 6.49. The van der Waals surface area contributed by atoms with Gasteiger partial charge >= 0.3 is 5.97 Å². The molecule has 3 aromatic rings. The molecule has 0 aromatic heterocycles. The largest absolute Gasteiger partial charge is 0.508 e. The summed E-state index contributed by atoms with van der Waals surface area (Å²) in [4.78, 5) is 11.1. The van der Waals surface area contributed by atoms with E-state index in [1.165, 1.54) is 4.31 Å². The lowest BCUT2D eigenvalue weighted by Crippen LogP contribution is -2.29. The zero-order valence-corrected chi connectivity index (χ0v) is 19.9. The summed E-state index contributed by atoms with van der Waals surface area (Å²) >= 11 is 0. The molecule has 1 aliphatic heterocycles. The zero-order chi connectivity index (χ0) is 24.3. The number of nitrogens with zero attached hydrogens (tertiary/aromatic N) is 1. The van der Waals surface area contributed by atoms with Crippen molar-refractivity contribution in [1.29, 1.82) is 0 Å². The van der Waals surface area contributed by atoms with E-state index < -0.39 is 16.0 Å². The molecule has 178 valence electrons. The third kappa shape index (κ3) is 5.00. The molecular weight excluding hydrogens is 450 g/mol. The molecule has 1 fully saturated rings. The van der Waals surface area contributed by atoms with Gasteiger partial charge in [-0.3, -0.25) is 4.79 Å². The van der Waals surface area contributed by atoms with Gasteiger partial charge in [0.2, 0.25) is 10.0 Å². The van der Waals surface area contributed by atoms with Gasteiger partial charge in [0.1, 0.15) is 5.75 Å². The van der Waals surface area contributed by atoms with Gasteiger partial charge < -0.3 is 10.2 Å². The van der Waals surface area contributed by atoms with Crippen LogP contribution in [-0.4, -0.2) is 42.0 Å². The van der Waals surface area contributed by atoms with Crippen LogP contribution in [0.15, 0.2) is 77.7 Å². The summed E-state index contributed by atoms with van der Waals surface area (Å²) in [6.07, 6.45) is 4.86. The fraction of sp³-hybridized carbons (Fsp3) is 0.296. The number of aryl methyl sites for hydroxylation is 1. The number of sulfonamides is 1. The van der Waals surface area contributed by atoms with E-state index >= 15 is 0 Å². The average Bonchev–Trinajstić information content (AvgIpc) is 3.24. The maximum absolute atomic E-state index is 13.8. The Kier molecular flexibility index (Phi) is 7.05. The highest BCUT2D eigenvalue weighted by atomic mass is 32.2. The van der Waals surface area contributed by atoms with Gasteiger partial charge in [0.25, 0.3) is 0 Å². The van der Waals surface area contributed by atoms with Gasteiger partial charge in [-0.2, -0.15) is 4.31 Å².